The summed E-state index contributed by atoms with van der Waals surface area (Å²) in [6.45, 7) is 1.97. The minimum absolute atomic E-state index is 0.188. The molecule has 0 aliphatic carbocycles. The average molecular weight is 370 g/mol. The van der Waals surface area contributed by atoms with Gasteiger partial charge in [0.1, 0.15) is 4.60 Å². The van der Waals surface area contributed by atoms with Crippen LogP contribution in [0.1, 0.15) is 15.9 Å². The predicted octanol–water partition coefficient (Wildman–Crippen LogP) is 4.17. The van der Waals surface area contributed by atoms with Crippen molar-refractivity contribution >= 4 is 43.5 Å². The Morgan fingerprint density at radius 1 is 1.28 bits per heavy atom. The fourth-order valence-electron chi connectivity index (χ4n) is 1.56. The fraction of sp³-hybridized carbons (Fsp3) is 0.0769. The molecule has 0 saturated heterocycles. The van der Waals surface area contributed by atoms with Gasteiger partial charge in [0.2, 0.25) is 0 Å². The maximum Gasteiger partial charge on any atom is 0.258 e. The zero-order valence-electron chi connectivity index (χ0n) is 9.58. The summed E-state index contributed by atoms with van der Waals surface area (Å²) >= 11 is 6.66. The number of aromatic nitrogens is 1. The molecular formula is C13H10Br2N2O. The lowest BCUT2D eigenvalue weighted by Crippen LogP contribution is -2.13. The summed E-state index contributed by atoms with van der Waals surface area (Å²) in [6.07, 6.45) is 1.63. The predicted molar refractivity (Wildman–Crippen MR) is 78.8 cm³/mol. The minimum Gasteiger partial charge on any atom is -0.322 e. The third-order valence-corrected chi connectivity index (χ3v) is 3.39. The van der Waals surface area contributed by atoms with Gasteiger partial charge in [-0.2, -0.15) is 0 Å². The topological polar surface area (TPSA) is 42.0 Å². The number of amides is 1. The van der Waals surface area contributed by atoms with Crippen LogP contribution in [0.5, 0.6) is 0 Å². The van der Waals surface area contributed by atoms with E-state index in [0.717, 1.165) is 15.7 Å². The molecule has 2 rings (SSSR count). The van der Waals surface area contributed by atoms with E-state index in [0.29, 0.717) is 10.2 Å². The molecule has 1 aromatic heterocycles. The number of nitrogens with zero attached hydrogens (tertiary/aromatic N) is 1. The lowest BCUT2D eigenvalue weighted by molar-refractivity contribution is 0.102. The van der Waals surface area contributed by atoms with Crippen LogP contribution in [0.3, 0.4) is 0 Å². The summed E-state index contributed by atoms with van der Waals surface area (Å²) in [4.78, 5) is 16.1. The second-order valence-corrected chi connectivity index (χ2v) is 5.48. The molecule has 1 N–H and O–H groups in total. The summed E-state index contributed by atoms with van der Waals surface area (Å²) < 4.78 is 1.47. The van der Waals surface area contributed by atoms with Crippen molar-refractivity contribution in [2.75, 3.05) is 5.32 Å². The van der Waals surface area contributed by atoms with E-state index in [2.05, 4.69) is 42.2 Å². The van der Waals surface area contributed by atoms with E-state index >= 15 is 0 Å². The highest BCUT2D eigenvalue weighted by molar-refractivity contribution is 9.10. The van der Waals surface area contributed by atoms with Gasteiger partial charge in [-0.3, -0.25) is 4.79 Å². The van der Waals surface area contributed by atoms with Crippen molar-refractivity contribution in [2.45, 2.75) is 6.92 Å². The molecule has 2 aromatic rings. The highest BCUT2D eigenvalue weighted by atomic mass is 79.9. The maximum atomic E-state index is 12.1. The van der Waals surface area contributed by atoms with E-state index in [1.807, 2.05) is 25.1 Å². The first-order chi connectivity index (χ1) is 8.56. The number of hydrogen-bond acceptors (Lipinski definition) is 2. The van der Waals surface area contributed by atoms with Crippen LogP contribution in [0.4, 0.5) is 5.69 Å². The van der Waals surface area contributed by atoms with Crippen LogP contribution in [0.25, 0.3) is 0 Å². The molecule has 3 nitrogen and oxygen atoms in total. The maximum absolute atomic E-state index is 12.1. The Morgan fingerprint density at radius 2 is 2.06 bits per heavy atom. The number of hydrogen-bond donors (Lipinski definition) is 1. The summed E-state index contributed by atoms with van der Waals surface area (Å²) in [6, 6.07) is 9.20. The number of nitrogens with one attached hydrogen (secondary N) is 1. The van der Waals surface area contributed by atoms with Crippen molar-refractivity contribution in [3.8, 4) is 0 Å². The van der Waals surface area contributed by atoms with Gasteiger partial charge in [0.15, 0.2) is 0 Å². The van der Waals surface area contributed by atoms with Gasteiger partial charge in [0.05, 0.1) is 5.56 Å². The number of anilines is 1. The molecule has 0 radical (unpaired) electrons. The third-order valence-electron chi connectivity index (χ3n) is 2.30. The Labute approximate surface area is 122 Å². The van der Waals surface area contributed by atoms with E-state index in [1.54, 1.807) is 18.3 Å². The second-order valence-electron chi connectivity index (χ2n) is 3.81. The molecule has 0 saturated carbocycles. The van der Waals surface area contributed by atoms with Crippen molar-refractivity contribution in [3.63, 3.8) is 0 Å². The lowest BCUT2D eigenvalue weighted by Gasteiger charge is -2.07. The molecule has 92 valence electrons. The molecule has 0 aliphatic heterocycles. The monoisotopic (exact) mass is 368 g/mol. The van der Waals surface area contributed by atoms with Crippen LogP contribution in [-0.4, -0.2) is 10.9 Å². The van der Waals surface area contributed by atoms with Crippen molar-refractivity contribution < 1.29 is 4.79 Å². The van der Waals surface area contributed by atoms with E-state index in [-0.39, 0.29) is 5.91 Å². The van der Waals surface area contributed by atoms with E-state index < -0.39 is 0 Å². The van der Waals surface area contributed by atoms with E-state index in [1.165, 1.54) is 0 Å². The number of carbonyl (C=O) groups is 1. The van der Waals surface area contributed by atoms with Gasteiger partial charge in [-0.05, 0) is 58.7 Å². The minimum atomic E-state index is -0.188. The first-order valence-corrected chi connectivity index (χ1v) is 6.84. The Kier molecular flexibility index (Phi) is 4.14. The van der Waals surface area contributed by atoms with Crippen LogP contribution >= 0.6 is 31.9 Å². The van der Waals surface area contributed by atoms with Crippen molar-refractivity contribution in [3.05, 3.63) is 56.7 Å². The first-order valence-electron chi connectivity index (χ1n) is 5.25. The molecule has 0 fully saturated rings. The molecule has 18 heavy (non-hydrogen) atoms. The number of benzene rings is 1. The van der Waals surface area contributed by atoms with E-state index in [4.69, 9.17) is 0 Å². The third kappa shape index (κ3) is 3.17. The average Bonchev–Trinajstić information content (AvgIpc) is 2.27. The van der Waals surface area contributed by atoms with Crippen LogP contribution in [0.2, 0.25) is 0 Å². The number of rotatable bonds is 2. The Morgan fingerprint density at radius 3 is 2.72 bits per heavy atom. The zero-order chi connectivity index (χ0) is 13.1. The fourth-order valence-corrected chi connectivity index (χ4v) is 2.60. The van der Waals surface area contributed by atoms with Crippen LogP contribution < -0.4 is 5.32 Å². The number of pyridine rings is 1. The van der Waals surface area contributed by atoms with Gasteiger partial charge < -0.3 is 5.32 Å². The summed E-state index contributed by atoms with van der Waals surface area (Å²) in [5, 5.41) is 2.84. The molecule has 0 atom stereocenters. The Bertz CT molecular complexity index is 579. The quantitative estimate of drug-likeness (QED) is 0.807. The molecular weight excluding hydrogens is 360 g/mol. The van der Waals surface area contributed by atoms with Crippen LogP contribution in [0, 0.1) is 6.92 Å². The van der Waals surface area contributed by atoms with Gasteiger partial charge in [0, 0.05) is 16.4 Å². The zero-order valence-corrected chi connectivity index (χ0v) is 12.7. The van der Waals surface area contributed by atoms with Crippen molar-refractivity contribution in [2.24, 2.45) is 0 Å². The molecule has 1 heterocycles. The molecule has 0 spiro atoms. The highest BCUT2D eigenvalue weighted by Crippen LogP contribution is 2.20. The van der Waals surface area contributed by atoms with Gasteiger partial charge in [-0.25, -0.2) is 4.98 Å². The SMILES string of the molecule is Cc1cc(Br)cc(NC(=O)c2cccnc2Br)c1. The van der Waals surface area contributed by atoms with Crippen molar-refractivity contribution in [1.82, 2.24) is 4.98 Å². The summed E-state index contributed by atoms with van der Waals surface area (Å²) in [7, 11) is 0. The van der Waals surface area contributed by atoms with Gasteiger partial charge in [-0.15, -0.1) is 0 Å². The van der Waals surface area contributed by atoms with Gasteiger partial charge in [0.25, 0.3) is 5.91 Å². The molecule has 5 heteroatoms. The standard InChI is InChI=1S/C13H10Br2N2O/c1-8-5-9(14)7-10(6-8)17-13(18)11-3-2-4-16-12(11)15/h2-7H,1H3,(H,17,18). The summed E-state index contributed by atoms with van der Waals surface area (Å²) in [5.74, 6) is -0.188. The molecule has 0 unspecified atom stereocenters. The second kappa shape index (κ2) is 5.63. The Balaban J connectivity index is 2.24. The number of carbonyl (C=O) groups excluding carboxylic acids is 1. The Hall–Kier alpha value is -1.20. The molecule has 0 aliphatic rings. The van der Waals surface area contributed by atoms with Crippen molar-refractivity contribution in [1.29, 1.82) is 0 Å². The summed E-state index contributed by atoms with van der Waals surface area (Å²) in [5.41, 5.74) is 2.34. The number of halogens is 2. The van der Waals surface area contributed by atoms with Crippen LogP contribution in [-0.2, 0) is 0 Å². The molecule has 0 bridgehead atoms. The lowest BCUT2D eigenvalue weighted by atomic mass is 10.2. The highest BCUT2D eigenvalue weighted by Gasteiger charge is 2.10. The van der Waals surface area contributed by atoms with Gasteiger partial charge in [-0.1, -0.05) is 15.9 Å². The largest absolute Gasteiger partial charge is 0.322 e. The first kappa shape index (κ1) is 13.2. The molecule has 1 amide bonds. The van der Waals surface area contributed by atoms with Crippen LogP contribution in [0.15, 0.2) is 45.6 Å². The normalized spacial score (nSPS) is 10.2. The smallest absolute Gasteiger partial charge is 0.258 e. The molecule has 1 aromatic carbocycles. The van der Waals surface area contributed by atoms with E-state index in [9.17, 15) is 4.79 Å². The van der Waals surface area contributed by atoms with Gasteiger partial charge >= 0.3 is 0 Å². The number of aryl methyl sites for hydroxylation is 1.